The van der Waals surface area contributed by atoms with Crippen LogP contribution in [-0.2, 0) is 25.6 Å². The number of carbonyl (C=O) groups excluding carboxylic acids is 2. The molecule has 1 aromatic rings. The third-order valence-electron chi connectivity index (χ3n) is 7.38. The standard InChI is InChI=1S/C32H54N2O5/c1-10-12-19-33-28(35)25(11-2)21-27-26(34(32(8,9)38-27)29(36)39-30(3,4)5)22-31(6,7)18-20-37-23-24-16-14-13-15-17-24/h13-17,25-27H,10-12,18-23H2,1-9H3,(H,33,35)/t25-,26+,27+/m1/s1. The lowest BCUT2D eigenvalue weighted by atomic mass is 9.79. The van der Waals surface area contributed by atoms with Gasteiger partial charge in [-0.05, 0) is 77.7 Å². The van der Waals surface area contributed by atoms with Gasteiger partial charge in [-0.3, -0.25) is 9.69 Å². The second-order valence-corrected chi connectivity index (χ2v) is 13.2. The molecule has 0 radical (unpaired) electrons. The lowest BCUT2D eigenvalue weighted by molar-refractivity contribution is -0.127. The molecule has 0 unspecified atom stereocenters. The van der Waals surface area contributed by atoms with Crippen molar-refractivity contribution in [2.75, 3.05) is 13.2 Å². The van der Waals surface area contributed by atoms with Gasteiger partial charge >= 0.3 is 6.09 Å². The Morgan fingerprint density at radius 2 is 1.77 bits per heavy atom. The van der Waals surface area contributed by atoms with Crippen LogP contribution in [0.4, 0.5) is 4.79 Å². The molecule has 0 aliphatic carbocycles. The zero-order valence-corrected chi connectivity index (χ0v) is 26.0. The minimum Gasteiger partial charge on any atom is -0.444 e. The summed E-state index contributed by atoms with van der Waals surface area (Å²) in [6.07, 6.45) is 4.16. The van der Waals surface area contributed by atoms with Gasteiger partial charge in [0.25, 0.3) is 0 Å². The Bertz CT molecular complexity index is 894. The Morgan fingerprint density at radius 3 is 2.36 bits per heavy atom. The number of benzene rings is 1. The van der Waals surface area contributed by atoms with Crippen LogP contribution in [0.25, 0.3) is 0 Å². The number of nitrogens with zero attached hydrogens (tertiary/aromatic N) is 1. The molecular formula is C32H54N2O5. The van der Waals surface area contributed by atoms with E-state index in [1.165, 1.54) is 0 Å². The molecule has 1 heterocycles. The zero-order chi connectivity index (χ0) is 29.3. The third-order valence-corrected chi connectivity index (χ3v) is 7.38. The molecule has 0 saturated carbocycles. The predicted octanol–water partition coefficient (Wildman–Crippen LogP) is 7.08. The van der Waals surface area contributed by atoms with Gasteiger partial charge in [-0.25, -0.2) is 4.79 Å². The molecule has 1 aliphatic heterocycles. The van der Waals surface area contributed by atoms with Crippen molar-refractivity contribution >= 4 is 12.0 Å². The normalized spacial score (nSPS) is 20.1. The minimum absolute atomic E-state index is 0.0652. The topological polar surface area (TPSA) is 77.1 Å². The van der Waals surface area contributed by atoms with Crippen LogP contribution in [0.2, 0.25) is 0 Å². The highest BCUT2D eigenvalue weighted by atomic mass is 16.6. The van der Waals surface area contributed by atoms with E-state index < -0.39 is 11.3 Å². The van der Waals surface area contributed by atoms with Crippen LogP contribution in [0, 0.1) is 11.3 Å². The number of rotatable bonds is 14. The van der Waals surface area contributed by atoms with E-state index in [1.807, 2.05) is 59.7 Å². The summed E-state index contributed by atoms with van der Waals surface area (Å²) in [6, 6.07) is 9.94. The molecule has 1 saturated heterocycles. The molecule has 222 valence electrons. The summed E-state index contributed by atoms with van der Waals surface area (Å²) in [5.74, 6) is -0.114. The summed E-state index contributed by atoms with van der Waals surface area (Å²) >= 11 is 0. The largest absolute Gasteiger partial charge is 0.444 e. The molecule has 39 heavy (non-hydrogen) atoms. The zero-order valence-electron chi connectivity index (χ0n) is 26.0. The molecular weight excluding hydrogens is 492 g/mol. The Hall–Kier alpha value is -2.12. The molecule has 7 nitrogen and oxygen atoms in total. The van der Waals surface area contributed by atoms with E-state index in [9.17, 15) is 9.59 Å². The summed E-state index contributed by atoms with van der Waals surface area (Å²) in [6.45, 7) is 19.9. The quantitative estimate of drug-likeness (QED) is 0.252. The summed E-state index contributed by atoms with van der Waals surface area (Å²) in [5, 5.41) is 3.09. The van der Waals surface area contributed by atoms with Gasteiger partial charge in [-0.2, -0.15) is 0 Å². The summed E-state index contributed by atoms with van der Waals surface area (Å²) in [5.41, 5.74) is -0.453. The van der Waals surface area contributed by atoms with Crippen LogP contribution < -0.4 is 5.32 Å². The van der Waals surface area contributed by atoms with Crippen LogP contribution in [0.15, 0.2) is 30.3 Å². The lowest BCUT2D eigenvalue weighted by Crippen LogP contribution is -2.51. The van der Waals surface area contributed by atoms with Crippen LogP contribution >= 0.6 is 0 Å². The number of hydrogen-bond acceptors (Lipinski definition) is 5. The summed E-state index contributed by atoms with van der Waals surface area (Å²) in [4.78, 5) is 28.3. The number of nitrogens with one attached hydrogen (secondary N) is 1. The molecule has 1 aliphatic rings. The number of hydrogen-bond donors (Lipinski definition) is 1. The SMILES string of the molecule is CCCCNC(=O)[C@H](CC)C[C@@H]1OC(C)(C)N(C(=O)OC(C)(C)C)[C@H]1CC(C)(C)CCOCc1ccccc1. The predicted molar refractivity (Wildman–Crippen MR) is 156 cm³/mol. The molecule has 3 atom stereocenters. The summed E-state index contributed by atoms with van der Waals surface area (Å²) < 4.78 is 18.4. The van der Waals surface area contributed by atoms with E-state index in [0.29, 0.717) is 39.0 Å². The van der Waals surface area contributed by atoms with Gasteiger partial charge in [0.15, 0.2) is 0 Å². The molecule has 0 bridgehead atoms. The molecule has 2 rings (SSSR count). The second-order valence-electron chi connectivity index (χ2n) is 13.2. The first kappa shape index (κ1) is 33.1. The van der Waals surface area contributed by atoms with Gasteiger partial charge in [0.1, 0.15) is 11.3 Å². The number of carbonyl (C=O) groups is 2. The number of unbranched alkanes of at least 4 members (excludes halogenated alkanes) is 1. The van der Waals surface area contributed by atoms with Gasteiger partial charge in [0.2, 0.25) is 5.91 Å². The molecule has 0 aromatic heterocycles. The van der Waals surface area contributed by atoms with E-state index in [1.54, 1.807) is 4.90 Å². The van der Waals surface area contributed by atoms with Gasteiger partial charge in [0.05, 0.1) is 18.8 Å². The van der Waals surface area contributed by atoms with Gasteiger partial charge in [0, 0.05) is 19.1 Å². The van der Waals surface area contributed by atoms with E-state index in [4.69, 9.17) is 14.2 Å². The Labute approximate surface area is 237 Å². The first-order valence-electron chi connectivity index (χ1n) is 14.8. The van der Waals surface area contributed by atoms with Crippen LogP contribution in [-0.4, -0.2) is 53.5 Å². The highest BCUT2D eigenvalue weighted by Crippen LogP contribution is 2.42. The molecule has 1 aromatic carbocycles. The van der Waals surface area contributed by atoms with Crippen molar-refractivity contribution in [1.29, 1.82) is 0 Å². The van der Waals surface area contributed by atoms with Crippen molar-refractivity contribution < 1.29 is 23.8 Å². The van der Waals surface area contributed by atoms with Crippen molar-refractivity contribution in [3.63, 3.8) is 0 Å². The van der Waals surface area contributed by atoms with E-state index in [-0.39, 0.29) is 35.5 Å². The Morgan fingerprint density at radius 1 is 1.10 bits per heavy atom. The average Bonchev–Trinajstić information content (AvgIpc) is 3.08. The molecule has 1 N–H and O–H groups in total. The third kappa shape index (κ3) is 10.8. The van der Waals surface area contributed by atoms with Crippen molar-refractivity contribution in [2.24, 2.45) is 11.3 Å². The van der Waals surface area contributed by atoms with E-state index >= 15 is 0 Å². The fraction of sp³-hybridized carbons (Fsp3) is 0.750. The van der Waals surface area contributed by atoms with Gasteiger partial charge in [-0.1, -0.05) is 64.4 Å². The fourth-order valence-corrected chi connectivity index (χ4v) is 5.22. The van der Waals surface area contributed by atoms with Crippen molar-refractivity contribution in [2.45, 2.75) is 131 Å². The maximum absolute atomic E-state index is 13.5. The molecule has 1 fully saturated rings. The average molecular weight is 547 g/mol. The van der Waals surface area contributed by atoms with Crippen LogP contribution in [0.5, 0.6) is 0 Å². The van der Waals surface area contributed by atoms with Gasteiger partial charge in [-0.15, -0.1) is 0 Å². The minimum atomic E-state index is -0.853. The van der Waals surface area contributed by atoms with Crippen LogP contribution in [0.1, 0.15) is 106 Å². The van der Waals surface area contributed by atoms with Crippen molar-refractivity contribution in [3.05, 3.63) is 35.9 Å². The summed E-state index contributed by atoms with van der Waals surface area (Å²) in [7, 11) is 0. The number of ether oxygens (including phenoxy) is 3. The van der Waals surface area contributed by atoms with Crippen LogP contribution in [0.3, 0.4) is 0 Å². The van der Waals surface area contributed by atoms with Crippen molar-refractivity contribution in [3.8, 4) is 0 Å². The smallest absolute Gasteiger partial charge is 0.412 e. The second kappa shape index (κ2) is 14.5. The van der Waals surface area contributed by atoms with E-state index in [0.717, 1.165) is 24.8 Å². The first-order valence-corrected chi connectivity index (χ1v) is 14.8. The molecule has 0 spiro atoms. The van der Waals surface area contributed by atoms with E-state index in [2.05, 4.69) is 38.2 Å². The maximum atomic E-state index is 13.5. The number of amides is 2. The maximum Gasteiger partial charge on any atom is 0.412 e. The molecule has 7 heteroatoms. The van der Waals surface area contributed by atoms with Crippen molar-refractivity contribution in [1.82, 2.24) is 10.2 Å². The lowest BCUT2D eigenvalue weighted by Gasteiger charge is -2.38. The highest BCUT2D eigenvalue weighted by molar-refractivity contribution is 5.78. The molecule has 2 amide bonds. The fourth-order valence-electron chi connectivity index (χ4n) is 5.22. The first-order chi connectivity index (χ1) is 18.2. The van der Waals surface area contributed by atoms with Gasteiger partial charge < -0.3 is 19.5 Å². The monoisotopic (exact) mass is 546 g/mol. The highest BCUT2D eigenvalue weighted by Gasteiger charge is 2.52. The Kier molecular flexibility index (Phi) is 12.3. The Balaban J connectivity index is 2.19.